The number of alkyl halides is 3. The summed E-state index contributed by atoms with van der Waals surface area (Å²) in [6.45, 7) is -1.27. The largest absolute Gasteiger partial charge is 0.484 e. The second-order valence-corrected chi connectivity index (χ2v) is 6.16. The topological polar surface area (TPSA) is 58.6 Å². The maximum absolute atomic E-state index is 12.5. The maximum atomic E-state index is 12.5. The summed E-state index contributed by atoms with van der Waals surface area (Å²) in [6.07, 6.45) is -1.28. The van der Waals surface area contributed by atoms with Gasteiger partial charge in [-0.05, 0) is 30.5 Å². The number of ether oxygens (including phenoxy) is 1. The Morgan fingerprint density at radius 3 is 2.33 bits per heavy atom. The molecule has 3 rings (SSSR count). The zero-order chi connectivity index (χ0) is 17.4. The first-order valence-corrected chi connectivity index (χ1v) is 7.72. The molecule has 0 aromatic heterocycles. The molecule has 1 saturated carbocycles. The monoisotopic (exact) mass is 342 g/mol. The molecule has 0 bridgehead atoms. The van der Waals surface area contributed by atoms with Crippen LogP contribution in [0.5, 0.6) is 5.75 Å². The van der Waals surface area contributed by atoms with Gasteiger partial charge in [-0.25, -0.2) is 4.79 Å². The van der Waals surface area contributed by atoms with Crippen molar-refractivity contribution in [2.75, 3.05) is 6.61 Å². The highest BCUT2D eigenvalue weighted by molar-refractivity contribution is 6.07. The van der Waals surface area contributed by atoms with Gasteiger partial charge in [0.25, 0.3) is 5.91 Å². The van der Waals surface area contributed by atoms with E-state index in [4.69, 9.17) is 0 Å². The Bertz CT molecular complexity index is 637. The van der Waals surface area contributed by atoms with Gasteiger partial charge in [0.05, 0.1) is 6.54 Å². The second kappa shape index (κ2) is 5.99. The molecule has 1 aromatic rings. The Morgan fingerprint density at radius 2 is 1.75 bits per heavy atom. The van der Waals surface area contributed by atoms with E-state index in [9.17, 15) is 22.8 Å². The number of amides is 3. The van der Waals surface area contributed by atoms with Crippen LogP contribution >= 0.6 is 0 Å². The first-order chi connectivity index (χ1) is 11.3. The first-order valence-electron chi connectivity index (χ1n) is 7.72. The van der Waals surface area contributed by atoms with Crippen molar-refractivity contribution in [3.05, 3.63) is 29.8 Å². The lowest BCUT2D eigenvalue weighted by Crippen LogP contribution is -2.44. The molecule has 1 aromatic carbocycles. The highest BCUT2D eigenvalue weighted by atomic mass is 19.4. The Morgan fingerprint density at radius 1 is 1.12 bits per heavy atom. The molecule has 5 nitrogen and oxygen atoms in total. The minimum Gasteiger partial charge on any atom is -0.484 e. The molecule has 1 aliphatic heterocycles. The average molecular weight is 342 g/mol. The highest BCUT2D eigenvalue weighted by Gasteiger charge is 2.52. The molecule has 1 heterocycles. The Balaban J connectivity index is 1.64. The molecular formula is C16H17F3N2O3. The predicted molar refractivity (Wildman–Crippen MR) is 78.3 cm³/mol. The molecule has 0 atom stereocenters. The minimum atomic E-state index is -4.39. The summed E-state index contributed by atoms with van der Waals surface area (Å²) in [7, 11) is 0. The molecule has 130 valence electrons. The number of nitrogens with one attached hydrogen (secondary N) is 1. The van der Waals surface area contributed by atoms with Crippen molar-refractivity contribution in [1.29, 1.82) is 0 Å². The number of carbonyl (C=O) groups is 2. The molecule has 1 N–H and O–H groups in total. The summed E-state index contributed by atoms with van der Waals surface area (Å²) in [5.41, 5.74) is -0.111. The van der Waals surface area contributed by atoms with Crippen molar-refractivity contribution in [2.24, 2.45) is 0 Å². The Hall–Kier alpha value is -2.25. The van der Waals surface area contributed by atoms with Gasteiger partial charge in [-0.15, -0.1) is 0 Å². The van der Waals surface area contributed by atoms with Crippen LogP contribution in [0.3, 0.4) is 0 Å². The summed E-state index contributed by atoms with van der Waals surface area (Å²) >= 11 is 0. The Labute approximate surface area is 136 Å². The standard InChI is InChI=1S/C16H17F3N2O3/c17-16(18,19)10-24-12-5-3-11(4-6-12)9-21-13(22)15(20-14(21)23)7-1-2-8-15/h3-6H,1-2,7-10H2,(H,20,23). The summed E-state index contributed by atoms with van der Waals surface area (Å²) in [5.74, 6) is -0.136. The van der Waals surface area contributed by atoms with Crippen LogP contribution in [0, 0.1) is 0 Å². The SMILES string of the molecule is O=C1NC2(CCCC2)C(=O)N1Cc1ccc(OCC(F)(F)F)cc1. The van der Waals surface area contributed by atoms with E-state index in [0.717, 1.165) is 17.7 Å². The third-order valence-electron chi connectivity index (χ3n) is 4.37. The van der Waals surface area contributed by atoms with Gasteiger partial charge in [-0.3, -0.25) is 9.69 Å². The third-order valence-corrected chi connectivity index (χ3v) is 4.37. The van der Waals surface area contributed by atoms with E-state index in [1.165, 1.54) is 12.1 Å². The van der Waals surface area contributed by atoms with Gasteiger partial charge in [-0.1, -0.05) is 25.0 Å². The van der Waals surface area contributed by atoms with E-state index < -0.39 is 24.4 Å². The van der Waals surface area contributed by atoms with Crippen LogP contribution in [0.25, 0.3) is 0 Å². The predicted octanol–water partition coefficient (Wildman–Crippen LogP) is 2.99. The fourth-order valence-corrected chi connectivity index (χ4v) is 3.18. The number of benzene rings is 1. The Kier molecular flexibility index (Phi) is 4.15. The number of urea groups is 1. The molecule has 24 heavy (non-hydrogen) atoms. The average Bonchev–Trinajstić information content (AvgIpc) is 3.07. The van der Waals surface area contributed by atoms with E-state index in [2.05, 4.69) is 10.1 Å². The molecule has 2 fully saturated rings. The molecule has 0 unspecified atom stereocenters. The number of imide groups is 1. The fraction of sp³-hybridized carbons (Fsp3) is 0.500. The van der Waals surface area contributed by atoms with Crippen LogP contribution in [0.1, 0.15) is 31.2 Å². The smallest absolute Gasteiger partial charge is 0.422 e. The number of hydrogen-bond donors (Lipinski definition) is 1. The minimum absolute atomic E-state index is 0.0838. The highest BCUT2D eigenvalue weighted by Crippen LogP contribution is 2.35. The molecule has 2 aliphatic rings. The van der Waals surface area contributed by atoms with Crippen LogP contribution < -0.4 is 10.1 Å². The quantitative estimate of drug-likeness (QED) is 0.856. The fourth-order valence-electron chi connectivity index (χ4n) is 3.18. The lowest BCUT2D eigenvalue weighted by molar-refractivity contribution is -0.153. The number of carbonyl (C=O) groups excluding carboxylic acids is 2. The summed E-state index contributed by atoms with van der Waals surface area (Å²) in [5, 5.41) is 2.79. The van der Waals surface area contributed by atoms with Gasteiger partial charge >= 0.3 is 12.2 Å². The van der Waals surface area contributed by atoms with Crippen LogP contribution in [0.4, 0.5) is 18.0 Å². The van der Waals surface area contributed by atoms with Gasteiger partial charge in [0.15, 0.2) is 6.61 Å². The van der Waals surface area contributed by atoms with Gasteiger partial charge in [0.1, 0.15) is 11.3 Å². The summed E-state index contributed by atoms with van der Waals surface area (Å²) in [4.78, 5) is 25.8. The zero-order valence-corrected chi connectivity index (χ0v) is 12.9. The van der Waals surface area contributed by atoms with Crippen molar-refractivity contribution in [3.63, 3.8) is 0 Å². The molecule has 1 aliphatic carbocycles. The van der Waals surface area contributed by atoms with Crippen molar-refractivity contribution in [1.82, 2.24) is 10.2 Å². The normalized spacial score (nSPS) is 19.9. The van der Waals surface area contributed by atoms with Crippen molar-refractivity contribution >= 4 is 11.9 Å². The third kappa shape index (κ3) is 3.32. The molecule has 1 saturated heterocycles. The number of nitrogens with zero attached hydrogens (tertiary/aromatic N) is 1. The number of rotatable bonds is 4. The molecule has 3 amide bonds. The summed E-state index contributed by atoms with van der Waals surface area (Å²) < 4.78 is 41.0. The molecule has 8 heteroatoms. The lowest BCUT2D eigenvalue weighted by atomic mass is 9.98. The maximum Gasteiger partial charge on any atom is 0.422 e. The van der Waals surface area contributed by atoms with Gasteiger partial charge in [0.2, 0.25) is 0 Å². The van der Waals surface area contributed by atoms with E-state index in [0.29, 0.717) is 18.4 Å². The molecule has 1 spiro atoms. The van der Waals surface area contributed by atoms with Gasteiger partial charge in [0, 0.05) is 0 Å². The van der Waals surface area contributed by atoms with E-state index in [-0.39, 0.29) is 18.2 Å². The van der Waals surface area contributed by atoms with Crippen LogP contribution in [0.15, 0.2) is 24.3 Å². The van der Waals surface area contributed by atoms with E-state index in [1.54, 1.807) is 12.1 Å². The number of hydrogen-bond acceptors (Lipinski definition) is 3. The zero-order valence-electron chi connectivity index (χ0n) is 12.9. The van der Waals surface area contributed by atoms with Crippen LogP contribution in [0.2, 0.25) is 0 Å². The van der Waals surface area contributed by atoms with Gasteiger partial charge in [-0.2, -0.15) is 13.2 Å². The van der Waals surface area contributed by atoms with Crippen molar-refractivity contribution in [3.8, 4) is 5.75 Å². The molecule has 0 radical (unpaired) electrons. The van der Waals surface area contributed by atoms with Crippen LogP contribution in [-0.2, 0) is 11.3 Å². The van der Waals surface area contributed by atoms with E-state index >= 15 is 0 Å². The first kappa shape index (κ1) is 16.6. The second-order valence-electron chi connectivity index (χ2n) is 6.16. The lowest BCUT2D eigenvalue weighted by Gasteiger charge is -2.20. The van der Waals surface area contributed by atoms with Gasteiger partial charge < -0.3 is 10.1 Å². The van der Waals surface area contributed by atoms with Crippen molar-refractivity contribution in [2.45, 2.75) is 43.9 Å². The molecular weight excluding hydrogens is 325 g/mol. The summed E-state index contributed by atoms with van der Waals surface area (Å²) in [6, 6.07) is 5.47. The van der Waals surface area contributed by atoms with Crippen LogP contribution in [-0.4, -0.2) is 35.2 Å². The van der Waals surface area contributed by atoms with E-state index in [1.807, 2.05) is 0 Å². The van der Waals surface area contributed by atoms with Crippen molar-refractivity contribution < 1.29 is 27.5 Å². The number of halogens is 3.